The van der Waals surface area contributed by atoms with Crippen LogP contribution in [0, 0.1) is 12.6 Å². The number of anilines is 1. The van der Waals surface area contributed by atoms with Crippen molar-refractivity contribution in [2.75, 3.05) is 19.0 Å². The summed E-state index contributed by atoms with van der Waals surface area (Å²) in [5.74, 6) is 0. The van der Waals surface area contributed by atoms with Crippen molar-refractivity contribution in [2.24, 2.45) is 0 Å². The van der Waals surface area contributed by atoms with Gasteiger partial charge in [0, 0.05) is 46.1 Å². The summed E-state index contributed by atoms with van der Waals surface area (Å²) in [6.45, 7) is 7.00. The van der Waals surface area contributed by atoms with E-state index < -0.39 is 0 Å². The van der Waals surface area contributed by atoms with Gasteiger partial charge in [-0.15, -0.1) is 23.8 Å². The summed E-state index contributed by atoms with van der Waals surface area (Å²) >= 11 is 0. The molecule has 0 saturated carbocycles. The Morgan fingerprint density at radius 3 is 2.72 bits per heavy atom. The van der Waals surface area contributed by atoms with Crippen LogP contribution in [0.25, 0.3) is 16.1 Å². The molecule has 0 fully saturated rings. The van der Waals surface area contributed by atoms with Crippen LogP contribution in [-0.4, -0.2) is 19.1 Å². The van der Waals surface area contributed by atoms with Crippen molar-refractivity contribution in [1.29, 1.82) is 0 Å². The Morgan fingerprint density at radius 2 is 2.06 bits per heavy atom. The summed E-state index contributed by atoms with van der Waals surface area (Å²) in [5, 5.41) is 0. The maximum Gasteiger partial charge on any atom is 0.108 e. The van der Waals surface area contributed by atoms with Crippen molar-refractivity contribution in [3.63, 3.8) is 0 Å². The Kier molecular flexibility index (Phi) is 5.03. The first-order chi connectivity index (χ1) is 8.20. The molecule has 0 bridgehead atoms. The number of benzene rings is 1. The number of hydrogen-bond acceptors (Lipinski definition) is 2. The summed E-state index contributed by atoms with van der Waals surface area (Å²) in [6, 6.07) is 12.3. The maximum absolute atomic E-state index is 7.00. The van der Waals surface area contributed by atoms with Crippen molar-refractivity contribution in [1.82, 2.24) is 4.98 Å². The topological polar surface area (TPSA) is 20.5 Å². The Bertz CT molecular complexity index is 573. The van der Waals surface area contributed by atoms with Gasteiger partial charge in [0.05, 0.1) is 6.57 Å². The quantitative estimate of drug-likeness (QED) is 0.704. The molecular weight excluding hydrogens is 402 g/mol. The minimum Gasteiger partial charge on any atom is -0.378 e. The molecule has 1 aromatic heterocycles. The first-order valence-corrected chi connectivity index (χ1v) is 5.23. The Labute approximate surface area is 121 Å². The molecule has 0 atom stereocenters. The van der Waals surface area contributed by atoms with Gasteiger partial charge in [-0.25, -0.2) is 0 Å². The van der Waals surface area contributed by atoms with Gasteiger partial charge < -0.3 is 9.88 Å². The van der Waals surface area contributed by atoms with Gasteiger partial charge in [0.2, 0.25) is 0 Å². The molecule has 93 valence electrons. The van der Waals surface area contributed by atoms with E-state index in [1.165, 1.54) is 0 Å². The molecule has 0 spiro atoms. The van der Waals surface area contributed by atoms with Gasteiger partial charge in [0.1, 0.15) is 5.69 Å². The number of hydrogen-bond donors (Lipinski definition) is 0. The molecular formula is C14H12IrN3-. The minimum atomic E-state index is 0. The summed E-state index contributed by atoms with van der Waals surface area (Å²) < 4.78 is 0. The molecule has 4 heteroatoms. The molecule has 0 N–H and O–H groups in total. The zero-order chi connectivity index (χ0) is 12.3. The molecule has 0 aliphatic carbocycles. The van der Waals surface area contributed by atoms with Crippen LogP contribution in [0.4, 0.5) is 11.4 Å². The number of rotatable bonds is 2. The van der Waals surface area contributed by atoms with Gasteiger partial charge in [-0.3, -0.25) is 4.85 Å². The molecule has 3 nitrogen and oxygen atoms in total. The predicted octanol–water partition coefficient (Wildman–Crippen LogP) is 3.16. The van der Waals surface area contributed by atoms with Crippen LogP contribution in [0.3, 0.4) is 0 Å². The van der Waals surface area contributed by atoms with E-state index in [9.17, 15) is 0 Å². The first-order valence-electron chi connectivity index (χ1n) is 5.23. The summed E-state index contributed by atoms with van der Waals surface area (Å²) in [7, 11) is 3.97. The second-order valence-corrected chi connectivity index (χ2v) is 3.87. The molecule has 0 amide bonds. The van der Waals surface area contributed by atoms with Crippen molar-refractivity contribution in [3.05, 3.63) is 54.0 Å². The third-order valence-electron chi connectivity index (χ3n) is 2.45. The van der Waals surface area contributed by atoms with Gasteiger partial charge in [0.25, 0.3) is 0 Å². The normalized spacial score (nSPS) is 9.17. The number of pyridine rings is 1. The zero-order valence-corrected chi connectivity index (χ0v) is 12.5. The molecule has 0 unspecified atom stereocenters. The minimum absolute atomic E-state index is 0. The van der Waals surface area contributed by atoms with Gasteiger partial charge in [-0.2, -0.15) is 6.07 Å². The van der Waals surface area contributed by atoms with Crippen LogP contribution in [0.5, 0.6) is 0 Å². The van der Waals surface area contributed by atoms with E-state index in [1.54, 1.807) is 24.4 Å². The molecule has 1 heterocycles. The standard InChI is InChI=1S/C14H12N3.Ir/c1-15-12-6-4-5-11(9-12)14-10-13(17(2)3)7-8-16-14;/h4,6-10H,2-3H3;/q-1;. The molecule has 18 heavy (non-hydrogen) atoms. The largest absolute Gasteiger partial charge is 0.378 e. The van der Waals surface area contributed by atoms with Gasteiger partial charge in [-0.1, -0.05) is 6.07 Å². The van der Waals surface area contributed by atoms with Gasteiger partial charge in [-0.05, 0) is 11.8 Å². The zero-order valence-electron chi connectivity index (χ0n) is 10.1. The smallest absolute Gasteiger partial charge is 0.108 e. The summed E-state index contributed by atoms with van der Waals surface area (Å²) in [4.78, 5) is 9.73. The van der Waals surface area contributed by atoms with Crippen LogP contribution in [-0.2, 0) is 20.1 Å². The van der Waals surface area contributed by atoms with E-state index in [0.717, 1.165) is 16.9 Å². The van der Waals surface area contributed by atoms with Crippen molar-refractivity contribution in [2.45, 2.75) is 0 Å². The van der Waals surface area contributed by atoms with Crippen LogP contribution < -0.4 is 4.90 Å². The van der Waals surface area contributed by atoms with Gasteiger partial charge in [0.15, 0.2) is 0 Å². The second kappa shape index (κ2) is 6.30. The number of nitrogens with zero attached hydrogens (tertiary/aromatic N) is 3. The maximum atomic E-state index is 7.00. The average molecular weight is 414 g/mol. The van der Waals surface area contributed by atoms with Crippen molar-refractivity contribution in [3.8, 4) is 11.3 Å². The Balaban J connectivity index is 0.00000162. The number of aromatic nitrogens is 1. The average Bonchev–Trinajstić information content (AvgIpc) is 2.39. The SMILES string of the molecule is [C-]#[N+]c1cc[c-]c(-c2cc(N(C)C)ccn2)c1.[Ir]. The third-order valence-corrected chi connectivity index (χ3v) is 2.45. The first kappa shape index (κ1) is 14.4. The van der Waals surface area contributed by atoms with Crippen LogP contribution >= 0.6 is 0 Å². The Hall–Kier alpha value is -1.69. The van der Waals surface area contributed by atoms with E-state index in [1.807, 2.05) is 31.1 Å². The van der Waals surface area contributed by atoms with E-state index in [-0.39, 0.29) is 20.1 Å². The van der Waals surface area contributed by atoms with E-state index in [4.69, 9.17) is 6.57 Å². The molecule has 1 radical (unpaired) electrons. The molecule has 1 aromatic carbocycles. The van der Waals surface area contributed by atoms with E-state index >= 15 is 0 Å². The van der Waals surface area contributed by atoms with Crippen LogP contribution in [0.15, 0.2) is 36.5 Å². The summed E-state index contributed by atoms with van der Waals surface area (Å²) in [5.41, 5.74) is 3.37. The van der Waals surface area contributed by atoms with Crippen LogP contribution in [0.2, 0.25) is 0 Å². The van der Waals surface area contributed by atoms with Gasteiger partial charge >= 0.3 is 0 Å². The Morgan fingerprint density at radius 1 is 1.28 bits per heavy atom. The monoisotopic (exact) mass is 415 g/mol. The molecule has 0 aliphatic rings. The predicted molar refractivity (Wildman–Crippen MR) is 69.1 cm³/mol. The van der Waals surface area contributed by atoms with E-state index in [0.29, 0.717) is 5.69 Å². The van der Waals surface area contributed by atoms with E-state index in [2.05, 4.69) is 15.9 Å². The fourth-order valence-electron chi connectivity index (χ4n) is 1.52. The van der Waals surface area contributed by atoms with Crippen LogP contribution in [0.1, 0.15) is 0 Å². The fourth-order valence-corrected chi connectivity index (χ4v) is 1.52. The molecule has 0 aliphatic heterocycles. The second-order valence-electron chi connectivity index (χ2n) is 3.87. The van der Waals surface area contributed by atoms with Crippen molar-refractivity contribution < 1.29 is 20.1 Å². The molecule has 2 aromatic rings. The molecule has 2 rings (SSSR count). The van der Waals surface area contributed by atoms with Crippen molar-refractivity contribution >= 4 is 11.4 Å². The third kappa shape index (κ3) is 3.16. The fraction of sp³-hybridized carbons (Fsp3) is 0.143. The molecule has 0 saturated heterocycles. The summed E-state index contributed by atoms with van der Waals surface area (Å²) in [6.07, 6.45) is 1.77.